The van der Waals surface area contributed by atoms with Crippen LogP contribution in [0, 0.1) is 0 Å². The van der Waals surface area contributed by atoms with Gasteiger partial charge >= 0.3 is 6.03 Å². The van der Waals surface area contributed by atoms with Crippen LogP contribution in [0.15, 0.2) is 24.3 Å². The molecule has 1 aliphatic heterocycles. The van der Waals surface area contributed by atoms with Crippen molar-refractivity contribution >= 4 is 17.8 Å². The molecule has 1 aliphatic carbocycles. The second-order valence-corrected chi connectivity index (χ2v) is 6.03. The van der Waals surface area contributed by atoms with Crippen molar-refractivity contribution in [3.8, 4) is 0 Å². The molecule has 1 aromatic rings. The van der Waals surface area contributed by atoms with Crippen molar-refractivity contribution in [1.82, 2.24) is 15.1 Å². The number of nitrogens with zero attached hydrogens (tertiary/aromatic N) is 2. The van der Waals surface area contributed by atoms with E-state index in [0.29, 0.717) is 6.42 Å². The molecule has 1 spiro atoms. The Kier molecular flexibility index (Phi) is 3.39. The highest BCUT2D eigenvalue weighted by molar-refractivity contribution is 6.09. The van der Waals surface area contributed by atoms with Gasteiger partial charge in [0.1, 0.15) is 12.1 Å². The Morgan fingerprint density at radius 3 is 2.77 bits per heavy atom. The van der Waals surface area contributed by atoms with Crippen LogP contribution >= 0.6 is 0 Å². The number of carbonyl (C=O) groups is 3. The lowest BCUT2D eigenvalue weighted by atomic mass is 9.76. The molecule has 1 fully saturated rings. The second kappa shape index (κ2) is 5.12. The number of hydrogen-bond donors (Lipinski definition) is 1. The molecular weight excluding hydrogens is 282 g/mol. The second-order valence-electron chi connectivity index (χ2n) is 6.03. The Morgan fingerprint density at radius 2 is 2.05 bits per heavy atom. The van der Waals surface area contributed by atoms with E-state index in [2.05, 4.69) is 5.32 Å². The first kappa shape index (κ1) is 14.6. The first-order chi connectivity index (χ1) is 10.5. The van der Waals surface area contributed by atoms with Crippen LogP contribution < -0.4 is 5.32 Å². The van der Waals surface area contributed by atoms with E-state index in [1.807, 2.05) is 24.3 Å². The van der Waals surface area contributed by atoms with Crippen molar-refractivity contribution < 1.29 is 14.4 Å². The standard InChI is InChI=1S/C16H19N3O3/c1-18(2)13(20)10-19-14(21)16(17-15(19)22)9-5-7-11-6-3-4-8-12(11)16/h3-4,6,8H,5,7,9-10H2,1-2H3,(H,17,22)/t16-/m0/s1. The zero-order valence-electron chi connectivity index (χ0n) is 12.8. The van der Waals surface area contributed by atoms with Gasteiger partial charge in [-0.05, 0) is 30.4 Å². The van der Waals surface area contributed by atoms with Gasteiger partial charge in [0.2, 0.25) is 5.91 Å². The zero-order valence-corrected chi connectivity index (χ0v) is 12.8. The minimum absolute atomic E-state index is 0.221. The smallest absolute Gasteiger partial charge is 0.325 e. The summed E-state index contributed by atoms with van der Waals surface area (Å²) in [6, 6.07) is 7.20. The lowest BCUT2D eigenvalue weighted by Gasteiger charge is -2.33. The number of rotatable bonds is 2. The summed E-state index contributed by atoms with van der Waals surface area (Å²) >= 11 is 0. The lowest BCUT2D eigenvalue weighted by Crippen LogP contribution is -2.47. The summed E-state index contributed by atoms with van der Waals surface area (Å²) in [5.74, 6) is -0.593. The Balaban J connectivity index is 1.96. The molecule has 6 nitrogen and oxygen atoms in total. The number of likely N-dealkylation sites (N-methyl/N-ethyl adjacent to an activating group) is 1. The van der Waals surface area contributed by atoms with Gasteiger partial charge in [-0.3, -0.25) is 14.5 Å². The quantitative estimate of drug-likeness (QED) is 0.824. The third-order valence-electron chi connectivity index (χ3n) is 4.44. The SMILES string of the molecule is CN(C)C(=O)CN1C(=O)N[C@]2(CCCc3ccccc32)C1=O. The molecule has 3 rings (SSSR count). The fraction of sp³-hybridized carbons (Fsp3) is 0.438. The summed E-state index contributed by atoms with van der Waals surface area (Å²) in [5.41, 5.74) is 0.945. The number of aryl methyl sites for hydroxylation is 1. The Hall–Kier alpha value is -2.37. The zero-order chi connectivity index (χ0) is 15.9. The minimum atomic E-state index is -1.00. The summed E-state index contributed by atoms with van der Waals surface area (Å²) in [4.78, 5) is 39.4. The predicted molar refractivity (Wildman–Crippen MR) is 80.0 cm³/mol. The first-order valence-electron chi connectivity index (χ1n) is 7.38. The Morgan fingerprint density at radius 1 is 1.32 bits per heavy atom. The van der Waals surface area contributed by atoms with E-state index in [4.69, 9.17) is 0 Å². The van der Waals surface area contributed by atoms with Crippen LogP contribution in [0.2, 0.25) is 0 Å². The number of fused-ring (bicyclic) bond motifs is 2. The van der Waals surface area contributed by atoms with Crippen molar-refractivity contribution in [3.63, 3.8) is 0 Å². The molecule has 4 amide bonds. The molecule has 1 atom stereocenters. The minimum Gasteiger partial charge on any atom is -0.347 e. The number of amides is 4. The van der Waals surface area contributed by atoms with Crippen LogP contribution in [0.25, 0.3) is 0 Å². The topological polar surface area (TPSA) is 69.7 Å². The Labute approximate surface area is 129 Å². The van der Waals surface area contributed by atoms with Crippen LogP contribution in [0.5, 0.6) is 0 Å². The molecule has 6 heteroatoms. The van der Waals surface area contributed by atoms with Gasteiger partial charge in [-0.25, -0.2) is 4.79 Å². The van der Waals surface area contributed by atoms with E-state index in [0.717, 1.165) is 28.9 Å². The number of imide groups is 1. The lowest BCUT2D eigenvalue weighted by molar-refractivity contribution is -0.138. The highest BCUT2D eigenvalue weighted by atomic mass is 16.2. The van der Waals surface area contributed by atoms with Gasteiger partial charge in [0, 0.05) is 14.1 Å². The third kappa shape index (κ3) is 2.06. The molecule has 0 saturated carbocycles. The van der Waals surface area contributed by atoms with Crippen LogP contribution in [-0.4, -0.2) is 48.3 Å². The van der Waals surface area contributed by atoms with Crippen LogP contribution in [0.1, 0.15) is 24.0 Å². The van der Waals surface area contributed by atoms with Crippen molar-refractivity contribution in [3.05, 3.63) is 35.4 Å². The fourth-order valence-electron chi connectivity index (χ4n) is 3.23. The number of benzene rings is 1. The molecule has 0 bridgehead atoms. The van der Waals surface area contributed by atoms with Gasteiger partial charge in [-0.15, -0.1) is 0 Å². The first-order valence-corrected chi connectivity index (χ1v) is 7.38. The van der Waals surface area contributed by atoms with E-state index in [-0.39, 0.29) is 18.4 Å². The maximum atomic E-state index is 12.9. The molecule has 0 aromatic heterocycles. The Bertz CT molecular complexity index is 656. The monoisotopic (exact) mass is 301 g/mol. The largest absolute Gasteiger partial charge is 0.347 e. The molecule has 1 saturated heterocycles. The van der Waals surface area contributed by atoms with E-state index in [1.54, 1.807) is 14.1 Å². The van der Waals surface area contributed by atoms with E-state index in [9.17, 15) is 14.4 Å². The van der Waals surface area contributed by atoms with E-state index in [1.165, 1.54) is 4.90 Å². The third-order valence-corrected chi connectivity index (χ3v) is 4.44. The summed E-state index contributed by atoms with van der Waals surface area (Å²) < 4.78 is 0. The normalized spacial score (nSPS) is 23.5. The van der Waals surface area contributed by atoms with Crippen LogP contribution in [0.3, 0.4) is 0 Å². The predicted octanol–water partition coefficient (Wildman–Crippen LogP) is 0.858. The maximum Gasteiger partial charge on any atom is 0.325 e. The number of carbonyl (C=O) groups excluding carboxylic acids is 3. The van der Waals surface area contributed by atoms with Gasteiger partial charge in [-0.2, -0.15) is 0 Å². The molecule has 1 N–H and O–H groups in total. The van der Waals surface area contributed by atoms with Crippen LogP contribution in [0.4, 0.5) is 4.79 Å². The van der Waals surface area contributed by atoms with E-state index < -0.39 is 11.6 Å². The number of hydrogen-bond acceptors (Lipinski definition) is 3. The summed E-state index contributed by atoms with van der Waals surface area (Å²) in [7, 11) is 3.21. The van der Waals surface area contributed by atoms with E-state index >= 15 is 0 Å². The highest BCUT2D eigenvalue weighted by Gasteiger charge is 2.54. The van der Waals surface area contributed by atoms with Gasteiger partial charge in [0.05, 0.1) is 0 Å². The average Bonchev–Trinajstić information content (AvgIpc) is 2.73. The molecule has 1 aromatic carbocycles. The number of nitrogens with one attached hydrogen (secondary N) is 1. The molecular formula is C16H19N3O3. The van der Waals surface area contributed by atoms with Crippen LogP contribution in [-0.2, 0) is 21.5 Å². The van der Waals surface area contributed by atoms with Crippen molar-refractivity contribution in [2.45, 2.75) is 24.8 Å². The van der Waals surface area contributed by atoms with Crippen molar-refractivity contribution in [2.75, 3.05) is 20.6 Å². The van der Waals surface area contributed by atoms with Gasteiger partial charge in [-0.1, -0.05) is 24.3 Å². The summed E-state index contributed by atoms with van der Waals surface area (Å²) in [5, 5.41) is 2.84. The van der Waals surface area contributed by atoms with Crippen molar-refractivity contribution in [1.29, 1.82) is 0 Å². The molecule has 116 valence electrons. The number of urea groups is 1. The molecule has 2 aliphatic rings. The van der Waals surface area contributed by atoms with Gasteiger partial charge in [0.15, 0.2) is 0 Å². The maximum absolute atomic E-state index is 12.9. The fourth-order valence-corrected chi connectivity index (χ4v) is 3.23. The van der Waals surface area contributed by atoms with Gasteiger partial charge < -0.3 is 10.2 Å². The molecule has 22 heavy (non-hydrogen) atoms. The van der Waals surface area contributed by atoms with Gasteiger partial charge in [0.25, 0.3) is 5.91 Å². The molecule has 1 heterocycles. The average molecular weight is 301 g/mol. The molecule has 0 unspecified atom stereocenters. The summed E-state index contributed by atoms with van der Waals surface area (Å²) in [6.07, 6.45) is 2.30. The molecule has 0 radical (unpaired) electrons. The highest BCUT2D eigenvalue weighted by Crippen LogP contribution is 2.39. The van der Waals surface area contributed by atoms with Crippen molar-refractivity contribution in [2.24, 2.45) is 0 Å². The summed E-state index contributed by atoms with van der Waals surface area (Å²) in [6.45, 7) is -0.221.